The Hall–Kier alpha value is -2.77. The molecule has 1 unspecified atom stereocenters. The molecule has 1 aromatic heterocycles. The quantitative estimate of drug-likeness (QED) is 0.651. The summed E-state index contributed by atoms with van der Waals surface area (Å²) in [6.45, 7) is 4.91. The molecule has 4 rings (SSSR count). The van der Waals surface area contributed by atoms with Gasteiger partial charge in [-0.3, -0.25) is 4.99 Å². The Bertz CT molecular complexity index is 847. The fraction of sp³-hybridized carbons (Fsp3) is 0.526. The van der Waals surface area contributed by atoms with Gasteiger partial charge < -0.3 is 24.3 Å². The molecule has 8 heteroatoms. The molecule has 2 aromatic rings. The molecule has 0 saturated carbocycles. The molecule has 3 heterocycles. The number of guanidine groups is 1. The number of aliphatic imine (C=N–C) groups is 1. The fourth-order valence-corrected chi connectivity index (χ4v) is 3.70. The largest absolute Gasteiger partial charge is 0.454 e. The van der Waals surface area contributed by atoms with Gasteiger partial charge in [-0.2, -0.15) is 0 Å². The molecule has 0 saturated heterocycles. The number of rotatable bonds is 4. The van der Waals surface area contributed by atoms with E-state index in [2.05, 4.69) is 36.0 Å². The molecule has 1 atom stereocenters. The summed E-state index contributed by atoms with van der Waals surface area (Å²) in [5.41, 5.74) is 1.16. The second-order valence-corrected chi connectivity index (χ2v) is 7.15. The lowest BCUT2D eigenvalue weighted by molar-refractivity contribution is 0.174. The molecule has 27 heavy (non-hydrogen) atoms. The number of ether oxygens (including phenoxy) is 2. The summed E-state index contributed by atoms with van der Waals surface area (Å²) < 4.78 is 13.1. The van der Waals surface area contributed by atoms with E-state index in [1.165, 1.54) is 0 Å². The van der Waals surface area contributed by atoms with Crippen LogP contribution in [0.4, 0.5) is 0 Å². The van der Waals surface area contributed by atoms with Crippen molar-refractivity contribution in [2.45, 2.75) is 32.9 Å². The van der Waals surface area contributed by atoms with Crippen molar-refractivity contribution in [1.29, 1.82) is 0 Å². The van der Waals surface area contributed by atoms with Crippen molar-refractivity contribution in [2.75, 3.05) is 27.4 Å². The van der Waals surface area contributed by atoms with Gasteiger partial charge in [-0.1, -0.05) is 6.07 Å². The van der Waals surface area contributed by atoms with E-state index in [1.807, 2.05) is 33.2 Å². The summed E-state index contributed by atoms with van der Waals surface area (Å²) in [5.74, 6) is 5.16. The number of nitrogens with one attached hydrogen (secondary N) is 1. The molecule has 2 aliphatic heterocycles. The van der Waals surface area contributed by atoms with Gasteiger partial charge in [-0.05, 0) is 37.0 Å². The topological polar surface area (TPSA) is 76.8 Å². The zero-order valence-corrected chi connectivity index (χ0v) is 16.1. The molecule has 1 N–H and O–H groups in total. The van der Waals surface area contributed by atoms with Crippen LogP contribution >= 0.6 is 0 Å². The third-order valence-electron chi connectivity index (χ3n) is 5.21. The predicted molar refractivity (Wildman–Crippen MR) is 102 cm³/mol. The smallest absolute Gasteiger partial charge is 0.231 e. The van der Waals surface area contributed by atoms with E-state index in [4.69, 9.17) is 9.47 Å². The molecule has 1 aromatic carbocycles. The molecule has 8 nitrogen and oxygen atoms in total. The molecular weight excluding hydrogens is 344 g/mol. The molecule has 0 radical (unpaired) electrons. The Morgan fingerprint density at radius 1 is 1.33 bits per heavy atom. The molecule has 144 valence electrons. The number of benzene rings is 1. The fourth-order valence-electron chi connectivity index (χ4n) is 3.70. The van der Waals surface area contributed by atoms with Crippen molar-refractivity contribution >= 4 is 5.96 Å². The lowest BCUT2D eigenvalue weighted by Crippen LogP contribution is -2.42. The van der Waals surface area contributed by atoms with Gasteiger partial charge in [0.15, 0.2) is 17.5 Å². The summed E-state index contributed by atoms with van der Waals surface area (Å²) in [5, 5.41) is 11.9. The van der Waals surface area contributed by atoms with Crippen LogP contribution < -0.4 is 14.8 Å². The van der Waals surface area contributed by atoms with E-state index < -0.39 is 0 Å². The number of hydrogen-bond acceptors (Lipinski definition) is 5. The van der Waals surface area contributed by atoms with Crippen LogP contribution in [0.15, 0.2) is 23.2 Å². The van der Waals surface area contributed by atoms with Gasteiger partial charge in [0, 0.05) is 40.2 Å². The minimum absolute atomic E-state index is 0.298. The number of hydrogen-bond donors (Lipinski definition) is 1. The molecule has 0 aliphatic carbocycles. The van der Waals surface area contributed by atoms with Crippen LogP contribution in [0.1, 0.15) is 23.6 Å². The third-order valence-corrected chi connectivity index (χ3v) is 5.21. The van der Waals surface area contributed by atoms with Crippen LogP contribution in [0.3, 0.4) is 0 Å². The first-order valence-corrected chi connectivity index (χ1v) is 9.33. The van der Waals surface area contributed by atoms with Gasteiger partial charge in [-0.25, -0.2) is 0 Å². The van der Waals surface area contributed by atoms with Crippen molar-refractivity contribution < 1.29 is 9.47 Å². The second kappa shape index (κ2) is 7.46. The Kier molecular flexibility index (Phi) is 4.87. The Morgan fingerprint density at radius 2 is 2.19 bits per heavy atom. The Balaban J connectivity index is 1.33. The maximum atomic E-state index is 5.47. The second-order valence-electron chi connectivity index (χ2n) is 7.15. The number of nitrogens with zero attached hydrogens (tertiary/aromatic N) is 5. The first-order chi connectivity index (χ1) is 13.1. The van der Waals surface area contributed by atoms with Crippen molar-refractivity contribution in [2.24, 2.45) is 10.9 Å². The van der Waals surface area contributed by atoms with E-state index in [1.54, 1.807) is 0 Å². The highest BCUT2D eigenvalue weighted by atomic mass is 16.7. The number of fused-ring (bicyclic) bond motifs is 2. The molecule has 0 spiro atoms. The van der Waals surface area contributed by atoms with Gasteiger partial charge >= 0.3 is 0 Å². The summed E-state index contributed by atoms with van der Waals surface area (Å²) in [7, 11) is 3.87. The van der Waals surface area contributed by atoms with E-state index >= 15 is 0 Å². The molecule has 2 aliphatic rings. The highest BCUT2D eigenvalue weighted by Crippen LogP contribution is 2.32. The lowest BCUT2D eigenvalue weighted by Gasteiger charge is -2.27. The number of aromatic nitrogens is 3. The van der Waals surface area contributed by atoms with E-state index in [0.717, 1.165) is 67.1 Å². The van der Waals surface area contributed by atoms with Gasteiger partial charge in [0.25, 0.3) is 0 Å². The first-order valence-electron chi connectivity index (χ1n) is 9.33. The summed E-state index contributed by atoms with van der Waals surface area (Å²) >= 11 is 0. The van der Waals surface area contributed by atoms with Crippen molar-refractivity contribution in [3.05, 3.63) is 35.4 Å². The zero-order valence-electron chi connectivity index (χ0n) is 16.1. The monoisotopic (exact) mass is 370 g/mol. The normalized spacial score (nSPS) is 18.3. The van der Waals surface area contributed by atoms with Crippen molar-refractivity contribution in [3.8, 4) is 11.5 Å². The maximum absolute atomic E-state index is 5.47. The molecular formula is C19H26N6O2. The third kappa shape index (κ3) is 3.70. The van der Waals surface area contributed by atoms with Gasteiger partial charge in [0.2, 0.25) is 6.79 Å². The highest BCUT2D eigenvalue weighted by Gasteiger charge is 2.22. The van der Waals surface area contributed by atoms with Crippen LogP contribution in [0.2, 0.25) is 0 Å². The molecule has 0 fully saturated rings. The van der Waals surface area contributed by atoms with E-state index in [9.17, 15) is 0 Å². The van der Waals surface area contributed by atoms with Crippen molar-refractivity contribution in [1.82, 2.24) is 25.0 Å². The van der Waals surface area contributed by atoms with Crippen molar-refractivity contribution in [3.63, 3.8) is 0 Å². The summed E-state index contributed by atoms with van der Waals surface area (Å²) in [4.78, 5) is 6.56. The summed E-state index contributed by atoms with van der Waals surface area (Å²) in [6, 6.07) is 6.06. The van der Waals surface area contributed by atoms with Crippen LogP contribution in [-0.2, 0) is 19.5 Å². The first kappa shape index (κ1) is 17.6. The average molecular weight is 370 g/mol. The maximum Gasteiger partial charge on any atom is 0.231 e. The van der Waals surface area contributed by atoms with E-state index in [-0.39, 0.29) is 0 Å². The molecule has 0 bridgehead atoms. The Morgan fingerprint density at radius 3 is 3.04 bits per heavy atom. The SMILES string of the molecule is CN=C(NCC1CCc2nnc(C)n2C1)N(C)Cc1ccc2c(c1)OCO2. The lowest BCUT2D eigenvalue weighted by atomic mass is 9.99. The predicted octanol–water partition coefficient (Wildman–Crippen LogP) is 1.59. The van der Waals surface area contributed by atoms with Gasteiger partial charge in [0.1, 0.15) is 11.6 Å². The minimum Gasteiger partial charge on any atom is -0.454 e. The minimum atomic E-state index is 0.298. The van der Waals surface area contributed by atoms with Crippen LogP contribution in [0, 0.1) is 12.8 Å². The number of aryl methyl sites for hydroxylation is 2. The van der Waals surface area contributed by atoms with Gasteiger partial charge in [-0.15, -0.1) is 10.2 Å². The van der Waals surface area contributed by atoms with Crippen LogP contribution in [0.5, 0.6) is 11.5 Å². The standard InChI is InChI=1S/C19H26N6O2/c1-13-22-23-18-7-5-15(11-25(13)18)9-21-19(20-2)24(3)10-14-4-6-16-17(8-14)27-12-26-16/h4,6,8,15H,5,7,9-12H2,1-3H3,(H,20,21). The van der Waals surface area contributed by atoms with Gasteiger partial charge in [0.05, 0.1) is 0 Å². The van der Waals surface area contributed by atoms with Crippen LogP contribution in [0.25, 0.3) is 0 Å². The Labute approximate surface area is 159 Å². The highest BCUT2D eigenvalue weighted by molar-refractivity contribution is 5.79. The average Bonchev–Trinajstić information content (AvgIpc) is 3.28. The van der Waals surface area contributed by atoms with Crippen LogP contribution in [-0.4, -0.2) is 53.1 Å². The molecule has 0 amide bonds. The zero-order chi connectivity index (χ0) is 18.8. The summed E-state index contributed by atoms with van der Waals surface area (Å²) in [6.07, 6.45) is 2.10. The van der Waals surface area contributed by atoms with E-state index in [0.29, 0.717) is 12.7 Å².